The SMILES string of the molecule is CCOC(=O)CCCNC(=O)CNC(C)c1ccc(Cl)cc1. The van der Waals surface area contributed by atoms with Gasteiger partial charge in [0.25, 0.3) is 0 Å². The van der Waals surface area contributed by atoms with Crippen LogP contribution in [0, 0.1) is 0 Å². The van der Waals surface area contributed by atoms with Crippen LogP contribution in [-0.4, -0.2) is 31.6 Å². The second kappa shape index (κ2) is 10.2. The van der Waals surface area contributed by atoms with Gasteiger partial charge in [0.2, 0.25) is 5.91 Å². The zero-order valence-electron chi connectivity index (χ0n) is 13.0. The van der Waals surface area contributed by atoms with Gasteiger partial charge in [-0.2, -0.15) is 0 Å². The Morgan fingerprint density at radius 2 is 1.95 bits per heavy atom. The van der Waals surface area contributed by atoms with Gasteiger partial charge < -0.3 is 15.4 Å². The normalized spacial score (nSPS) is 11.8. The van der Waals surface area contributed by atoms with Crippen LogP contribution in [0.2, 0.25) is 5.02 Å². The first-order chi connectivity index (χ1) is 10.5. The Labute approximate surface area is 136 Å². The molecular weight excluding hydrogens is 304 g/mol. The highest BCUT2D eigenvalue weighted by molar-refractivity contribution is 6.30. The third-order valence-corrected chi connectivity index (χ3v) is 3.38. The minimum Gasteiger partial charge on any atom is -0.466 e. The monoisotopic (exact) mass is 326 g/mol. The van der Waals surface area contributed by atoms with Gasteiger partial charge in [-0.1, -0.05) is 23.7 Å². The molecule has 1 rings (SSSR count). The van der Waals surface area contributed by atoms with Gasteiger partial charge in [-0.3, -0.25) is 9.59 Å². The lowest BCUT2D eigenvalue weighted by Crippen LogP contribution is -2.35. The zero-order chi connectivity index (χ0) is 16.4. The average Bonchev–Trinajstić information content (AvgIpc) is 2.50. The fourth-order valence-electron chi connectivity index (χ4n) is 1.87. The number of benzene rings is 1. The van der Waals surface area contributed by atoms with E-state index in [1.54, 1.807) is 6.92 Å². The van der Waals surface area contributed by atoms with Crippen molar-refractivity contribution in [1.29, 1.82) is 0 Å². The third kappa shape index (κ3) is 7.43. The second-order valence-corrected chi connectivity index (χ2v) is 5.35. The largest absolute Gasteiger partial charge is 0.466 e. The molecule has 1 aromatic rings. The molecule has 1 atom stereocenters. The first-order valence-corrected chi connectivity index (χ1v) is 7.82. The number of amides is 1. The molecule has 0 heterocycles. The van der Waals surface area contributed by atoms with E-state index >= 15 is 0 Å². The molecule has 0 aliphatic rings. The van der Waals surface area contributed by atoms with E-state index in [0.29, 0.717) is 31.0 Å². The van der Waals surface area contributed by atoms with E-state index in [0.717, 1.165) is 5.56 Å². The summed E-state index contributed by atoms with van der Waals surface area (Å²) in [4.78, 5) is 22.8. The van der Waals surface area contributed by atoms with Crippen molar-refractivity contribution in [3.63, 3.8) is 0 Å². The summed E-state index contributed by atoms with van der Waals surface area (Å²) in [7, 11) is 0. The molecule has 0 aliphatic heterocycles. The fourth-order valence-corrected chi connectivity index (χ4v) is 2.00. The van der Waals surface area contributed by atoms with Crippen molar-refractivity contribution in [2.75, 3.05) is 19.7 Å². The predicted octanol–water partition coefficient (Wildman–Crippen LogP) is 2.45. The molecule has 0 aliphatic carbocycles. The minimum absolute atomic E-state index is 0.0579. The molecular formula is C16H23ClN2O3. The van der Waals surface area contributed by atoms with Crippen molar-refractivity contribution in [3.8, 4) is 0 Å². The Hall–Kier alpha value is -1.59. The van der Waals surface area contributed by atoms with Crippen molar-refractivity contribution in [2.24, 2.45) is 0 Å². The van der Waals surface area contributed by atoms with Crippen LogP contribution in [0.5, 0.6) is 0 Å². The molecule has 0 aromatic heterocycles. The van der Waals surface area contributed by atoms with E-state index in [4.69, 9.17) is 16.3 Å². The van der Waals surface area contributed by atoms with E-state index in [1.165, 1.54) is 0 Å². The van der Waals surface area contributed by atoms with E-state index in [-0.39, 0.29) is 24.5 Å². The van der Waals surface area contributed by atoms with Gasteiger partial charge in [0.05, 0.1) is 13.2 Å². The Morgan fingerprint density at radius 3 is 2.59 bits per heavy atom. The van der Waals surface area contributed by atoms with E-state index < -0.39 is 0 Å². The van der Waals surface area contributed by atoms with Gasteiger partial charge >= 0.3 is 5.97 Å². The predicted molar refractivity (Wildman–Crippen MR) is 86.7 cm³/mol. The van der Waals surface area contributed by atoms with Gasteiger partial charge in [0.15, 0.2) is 0 Å². The summed E-state index contributed by atoms with van der Waals surface area (Å²) in [6.07, 6.45) is 0.903. The Morgan fingerprint density at radius 1 is 1.27 bits per heavy atom. The van der Waals surface area contributed by atoms with E-state index in [2.05, 4.69) is 10.6 Å². The molecule has 0 fully saturated rings. The van der Waals surface area contributed by atoms with Crippen LogP contribution in [0.3, 0.4) is 0 Å². The van der Waals surface area contributed by atoms with Gasteiger partial charge in [0.1, 0.15) is 0 Å². The molecule has 1 unspecified atom stereocenters. The highest BCUT2D eigenvalue weighted by Crippen LogP contribution is 2.15. The zero-order valence-corrected chi connectivity index (χ0v) is 13.8. The van der Waals surface area contributed by atoms with Gasteiger partial charge in [-0.15, -0.1) is 0 Å². The topological polar surface area (TPSA) is 67.4 Å². The second-order valence-electron chi connectivity index (χ2n) is 4.91. The van der Waals surface area contributed by atoms with Crippen LogP contribution in [0.4, 0.5) is 0 Å². The number of carbonyl (C=O) groups excluding carboxylic acids is 2. The van der Waals surface area contributed by atoms with Crippen LogP contribution >= 0.6 is 11.6 Å². The Kier molecular flexibility index (Phi) is 8.55. The van der Waals surface area contributed by atoms with Crippen LogP contribution in [0.15, 0.2) is 24.3 Å². The maximum absolute atomic E-state index is 11.7. The lowest BCUT2D eigenvalue weighted by atomic mass is 10.1. The number of ether oxygens (including phenoxy) is 1. The number of carbonyl (C=O) groups is 2. The number of esters is 1. The quantitative estimate of drug-likeness (QED) is 0.540. The molecule has 1 amide bonds. The van der Waals surface area contributed by atoms with Gasteiger partial charge in [-0.25, -0.2) is 0 Å². The molecule has 5 nitrogen and oxygen atoms in total. The fraction of sp³-hybridized carbons (Fsp3) is 0.500. The molecule has 6 heteroatoms. The maximum atomic E-state index is 11.7. The number of rotatable bonds is 9. The average molecular weight is 327 g/mol. The standard InChI is InChI=1S/C16H23ClN2O3/c1-3-22-16(21)5-4-10-18-15(20)11-19-12(2)13-6-8-14(17)9-7-13/h6-9,12,19H,3-5,10-11H2,1-2H3,(H,18,20). The molecule has 0 saturated heterocycles. The van der Waals surface area contributed by atoms with E-state index in [9.17, 15) is 9.59 Å². The molecule has 0 spiro atoms. The number of hydrogen-bond donors (Lipinski definition) is 2. The molecule has 0 bridgehead atoms. The Balaban J connectivity index is 2.17. The smallest absolute Gasteiger partial charge is 0.305 e. The summed E-state index contributed by atoms with van der Waals surface area (Å²) < 4.78 is 4.81. The van der Waals surface area contributed by atoms with Crippen molar-refractivity contribution >= 4 is 23.5 Å². The number of hydrogen-bond acceptors (Lipinski definition) is 4. The molecule has 0 radical (unpaired) electrons. The molecule has 122 valence electrons. The molecule has 2 N–H and O–H groups in total. The molecule has 22 heavy (non-hydrogen) atoms. The minimum atomic E-state index is -0.230. The Bertz CT molecular complexity index is 477. The van der Waals surface area contributed by atoms with Crippen LogP contribution in [-0.2, 0) is 14.3 Å². The van der Waals surface area contributed by atoms with Gasteiger partial charge in [0, 0.05) is 24.0 Å². The summed E-state index contributed by atoms with van der Waals surface area (Å²) in [5, 5.41) is 6.60. The summed E-state index contributed by atoms with van der Waals surface area (Å²) in [6.45, 7) is 4.83. The van der Waals surface area contributed by atoms with Crippen molar-refractivity contribution in [2.45, 2.75) is 32.7 Å². The summed E-state index contributed by atoms with van der Waals surface area (Å²) in [5.41, 5.74) is 1.07. The van der Waals surface area contributed by atoms with Crippen molar-refractivity contribution in [1.82, 2.24) is 10.6 Å². The van der Waals surface area contributed by atoms with Crippen molar-refractivity contribution in [3.05, 3.63) is 34.9 Å². The van der Waals surface area contributed by atoms with Gasteiger partial charge in [-0.05, 0) is 38.0 Å². The summed E-state index contributed by atoms with van der Waals surface area (Å²) in [5.74, 6) is -0.323. The van der Waals surface area contributed by atoms with Crippen LogP contribution in [0.1, 0.15) is 38.3 Å². The summed E-state index contributed by atoms with van der Waals surface area (Å²) >= 11 is 5.84. The molecule has 1 aromatic carbocycles. The first kappa shape index (κ1) is 18.5. The third-order valence-electron chi connectivity index (χ3n) is 3.12. The summed E-state index contributed by atoms with van der Waals surface area (Å²) in [6, 6.07) is 7.56. The first-order valence-electron chi connectivity index (χ1n) is 7.44. The van der Waals surface area contributed by atoms with Crippen LogP contribution in [0.25, 0.3) is 0 Å². The van der Waals surface area contributed by atoms with Crippen molar-refractivity contribution < 1.29 is 14.3 Å². The van der Waals surface area contributed by atoms with E-state index in [1.807, 2.05) is 31.2 Å². The number of halogens is 1. The lowest BCUT2D eigenvalue weighted by Gasteiger charge is -2.14. The number of nitrogens with one attached hydrogen (secondary N) is 2. The van der Waals surface area contributed by atoms with Crippen LogP contribution < -0.4 is 10.6 Å². The maximum Gasteiger partial charge on any atom is 0.305 e. The highest BCUT2D eigenvalue weighted by Gasteiger charge is 2.08. The highest BCUT2D eigenvalue weighted by atomic mass is 35.5. The lowest BCUT2D eigenvalue weighted by molar-refractivity contribution is -0.143. The molecule has 0 saturated carbocycles.